The van der Waals surface area contributed by atoms with Gasteiger partial charge in [-0.2, -0.15) is 0 Å². The number of hydrogen-bond donors (Lipinski definition) is 2. The van der Waals surface area contributed by atoms with Gasteiger partial charge in [0, 0.05) is 17.2 Å². The predicted molar refractivity (Wildman–Crippen MR) is 83.2 cm³/mol. The Morgan fingerprint density at radius 1 is 1.05 bits per heavy atom. The van der Waals surface area contributed by atoms with Crippen LogP contribution in [0.25, 0.3) is 16.7 Å². The lowest BCUT2D eigenvalue weighted by Crippen LogP contribution is -2.20. The molecule has 0 spiro atoms. The third-order valence-corrected chi connectivity index (χ3v) is 3.49. The van der Waals surface area contributed by atoms with Gasteiger partial charge in [0.1, 0.15) is 11.0 Å². The van der Waals surface area contributed by atoms with Gasteiger partial charge in [0.15, 0.2) is 5.43 Å². The van der Waals surface area contributed by atoms with Gasteiger partial charge in [-0.3, -0.25) is 14.7 Å². The second-order valence-electron chi connectivity index (χ2n) is 6.14. The summed E-state index contributed by atoms with van der Waals surface area (Å²) in [6.07, 6.45) is 0. The summed E-state index contributed by atoms with van der Waals surface area (Å²) in [4.78, 5) is 27.8. The molecule has 2 heterocycles. The number of hydrogen-bond acceptors (Lipinski definition) is 2. The lowest BCUT2D eigenvalue weighted by Gasteiger charge is -2.17. The molecule has 0 bridgehead atoms. The van der Waals surface area contributed by atoms with Gasteiger partial charge in [-0.1, -0.05) is 39.0 Å². The molecule has 5 nitrogen and oxygen atoms in total. The number of fused-ring (bicyclic) bond motifs is 1. The third-order valence-electron chi connectivity index (χ3n) is 3.49. The van der Waals surface area contributed by atoms with Crippen molar-refractivity contribution in [2.24, 2.45) is 0 Å². The molecule has 0 aliphatic rings. The lowest BCUT2D eigenvalue weighted by molar-refractivity contribution is 0.570. The van der Waals surface area contributed by atoms with Crippen molar-refractivity contribution in [2.75, 3.05) is 0 Å². The van der Waals surface area contributed by atoms with E-state index in [4.69, 9.17) is 0 Å². The van der Waals surface area contributed by atoms with Gasteiger partial charge in [0.2, 0.25) is 0 Å². The van der Waals surface area contributed by atoms with Crippen LogP contribution in [-0.4, -0.2) is 14.8 Å². The molecule has 0 unspecified atom stereocenters. The maximum absolute atomic E-state index is 12.4. The van der Waals surface area contributed by atoms with E-state index in [1.807, 2.05) is 51.1 Å². The number of nitrogens with zero attached hydrogens (tertiary/aromatic N) is 1. The second-order valence-corrected chi connectivity index (χ2v) is 6.14. The predicted octanol–water partition coefficient (Wildman–Crippen LogP) is 2.30. The number of rotatable bonds is 1. The summed E-state index contributed by atoms with van der Waals surface area (Å²) in [5.74, 6) is 0. The first kappa shape index (κ1) is 13.4. The highest BCUT2D eigenvalue weighted by molar-refractivity contribution is 5.74. The molecule has 0 atom stereocenters. The van der Waals surface area contributed by atoms with Crippen molar-refractivity contribution in [2.45, 2.75) is 26.2 Å². The third kappa shape index (κ3) is 2.20. The van der Waals surface area contributed by atoms with Gasteiger partial charge >= 0.3 is 0 Å². The molecule has 3 aromatic rings. The second kappa shape index (κ2) is 4.48. The van der Waals surface area contributed by atoms with E-state index >= 15 is 0 Å². The molecule has 0 aliphatic carbocycles. The van der Waals surface area contributed by atoms with Crippen molar-refractivity contribution in [1.29, 1.82) is 0 Å². The van der Waals surface area contributed by atoms with E-state index in [2.05, 4.69) is 10.1 Å². The van der Waals surface area contributed by atoms with E-state index in [-0.39, 0.29) is 21.8 Å². The van der Waals surface area contributed by atoms with Crippen molar-refractivity contribution in [3.05, 3.63) is 62.7 Å². The first-order chi connectivity index (χ1) is 9.88. The van der Waals surface area contributed by atoms with Gasteiger partial charge in [-0.05, 0) is 12.1 Å². The molecular weight excluding hydrogens is 266 g/mol. The molecule has 21 heavy (non-hydrogen) atoms. The summed E-state index contributed by atoms with van der Waals surface area (Å²) in [5.41, 5.74) is 1.16. The zero-order valence-corrected chi connectivity index (χ0v) is 12.2. The summed E-state index contributed by atoms with van der Waals surface area (Å²) in [6, 6.07) is 10.7. The van der Waals surface area contributed by atoms with Gasteiger partial charge < -0.3 is 4.98 Å². The molecule has 0 saturated carbocycles. The number of nitrogens with one attached hydrogen (secondary N) is 2. The maximum Gasteiger partial charge on any atom is 0.284 e. The fourth-order valence-corrected chi connectivity index (χ4v) is 2.29. The van der Waals surface area contributed by atoms with Crippen LogP contribution in [0.2, 0.25) is 0 Å². The van der Waals surface area contributed by atoms with Crippen molar-refractivity contribution in [3.8, 4) is 5.69 Å². The van der Waals surface area contributed by atoms with Crippen molar-refractivity contribution in [3.63, 3.8) is 0 Å². The van der Waals surface area contributed by atoms with E-state index in [0.29, 0.717) is 11.3 Å². The molecule has 0 aliphatic heterocycles. The Morgan fingerprint density at radius 3 is 2.33 bits per heavy atom. The molecule has 108 valence electrons. The van der Waals surface area contributed by atoms with Crippen LogP contribution in [0.15, 0.2) is 46.0 Å². The Hall–Kier alpha value is -2.56. The Balaban J connectivity index is 2.33. The van der Waals surface area contributed by atoms with Gasteiger partial charge in [-0.15, -0.1) is 0 Å². The highest BCUT2D eigenvalue weighted by atomic mass is 16.1. The van der Waals surface area contributed by atoms with Crippen molar-refractivity contribution in [1.82, 2.24) is 14.8 Å². The first-order valence-electron chi connectivity index (χ1n) is 6.82. The molecule has 1 aromatic carbocycles. The number of H-pyrrole nitrogens is 2. The minimum absolute atomic E-state index is 0.159. The Bertz CT molecular complexity index is 909. The number of benzene rings is 1. The van der Waals surface area contributed by atoms with Crippen LogP contribution < -0.4 is 11.0 Å². The van der Waals surface area contributed by atoms with Crippen molar-refractivity contribution < 1.29 is 0 Å². The summed E-state index contributed by atoms with van der Waals surface area (Å²) in [7, 11) is 0. The lowest BCUT2D eigenvalue weighted by atomic mass is 9.91. The molecule has 5 heteroatoms. The van der Waals surface area contributed by atoms with E-state index in [1.54, 1.807) is 0 Å². The number of para-hydroxylation sites is 1. The Kier molecular flexibility index (Phi) is 2.86. The van der Waals surface area contributed by atoms with Gasteiger partial charge in [0.05, 0.1) is 5.69 Å². The largest absolute Gasteiger partial charge is 0.343 e. The number of aromatic amines is 2. The van der Waals surface area contributed by atoms with Crippen LogP contribution in [0.3, 0.4) is 0 Å². The smallest absolute Gasteiger partial charge is 0.284 e. The molecule has 0 amide bonds. The Labute approximate surface area is 121 Å². The molecular formula is C16H17N3O2. The monoisotopic (exact) mass is 283 g/mol. The molecule has 0 radical (unpaired) electrons. The maximum atomic E-state index is 12.4. The minimum atomic E-state index is -0.335. The zero-order chi connectivity index (χ0) is 15.2. The summed E-state index contributed by atoms with van der Waals surface area (Å²) < 4.78 is 1.38. The average Bonchev–Trinajstić information content (AvgIpc) is 2.76. The van der Waals surface area contributed by atoms with Crippen LogP contribution in [0.1, 0.15) is 26.5 Å². The molecule has 3 rings (SSSR count). The molecule has 0 saturated heterocycles. The normalized spacial score (nSPS) is 12.0. The SMILES string of the molecule is CC(C)(C)c1cc(=O)c2c(=O)n(-c3ccccc3)[nH]c2[nH]1. The highest BCUT2D eigenvalue weighted by Crippen LogP contribution is 2.19. The summed E-state index contributed by atoms with van der Waals surface area (Å²) >= 11 is 0. The van der Waals surface area contributed by atoms with Crippen LogP contribution in [0, 0.1) is 0 Å². The standard InChI is InChI=1S/C16H17N3O2/c1-16(2,3)12-9-11(20)13-14(17-12)18-19(15(13)21)10-7-5-4-6-8-10/h4-9H,1-3H3,(H2,17,18,20). The summed E-state index contributed by atoms with van der Waals surface area (Å²) in [6.45, 7) is 6.03. The quantitative estimate of drug-likeness (QED) is 0.719. The molecule has 2 aromatic heterocycles. The van der Waals surface area contributed by atoms with E-state index in [9.17, 15) is 9.59 Å². The van der Waals surface area contributed by atoms with Crippen LogP contribution in [-0.2, 0) is 5.41 Å². The van der Waals surface area contributed by atoms with Gasteiger partial charge in [0.25, 0.3) is 5.56 Å². The fourth-order valence-electron chi connectivity index (χ4n) is 2.29. The average molecular weight is 283 g/mol. The van der Waals surface area contributed by atoms with Crippen LogP contribution in [0.4, 0.5) is 0 Å². The Morgan fingerprint density at radius 2 is 1.71 bits per heavy atom. The van der Waals surface area contributed by atoms with Crippen LogP contribution in [0.5, 0.6) is 0 Å². The van der Waals surface area contributed by atoms with Gasteiger partial charge in [-0.25, -0.2) is 4.68 Å². The van der Waals surface area contributed by atoms with E-state index < -0.39 is 0 Å². The first-order valence-corrected chi connectivity index (χ1v) is 6.82. The molecule has 0 fully saturated rings. The number of pyridine rings is 1. The van der Waals surface area contributed by atoms with E-state index in [0.717, 1.165) is 5.69 Å². The van der Waals surface area contributed by atoms with Crippen LogP contribution >= 0.6 is 0 Å². The minimum Gasteiger partial charge on any atom is -0.343 e. The summed E-state index contributed by atoms with van der Waals surface area (Å²) in [5, 5.41) is 3.14. The topological polar surface area (TPSA) is 70.7 Å². The van der Waals surface area contributed by atoms with Crippen molar-refractivity contribution >= 4 is 11.0 Å². The fraction of sp³-hybridized carbons (Fsp3) is 0.250. The molecule has 2 N–H and O–H groups in total. The number of aromatic nitrogens is 3. The zero-order valence-electron chi connectivity index (χ0n) is 12.2. The van der Waals surface area contributed by atoms with E-state index in [1.165, 1.54) is 10.7 Å². The highest BCUT2D eigenvalue weighted by Gasteiger charge is 2.19.